The number of carboxylic acids is 2. The van der Waals surface area contributed by atoms with Crippen molar-refractivity contribution in [2.75, 3.05) is 13.1 Å². The van der Waals surface area contributed by atoms with Crippen molar-refractivity contribution >= 4 is 23.5 Å². The summed E-state index contributed by atoms with van der Waals surface area (Å²) in [6, 6.07) is 7.09. The standard InChI is InChI=1S/C40H56N2O5/c1-24(2)27-14-19-40(23-42-35(47)41-22-32(43)44)21-20-38(6)29(33(27)40)12-13-31-37(5)17-15-28(25-8-10-26(11-9-25)34(45)46)36(3,4)30(37)16-18-39(31,38)7/h8-11,15,27,29-31,33H,1,12-14,16-23H2,2-7H3,(H,43,44)(H,45,46)(H2,41,42,47)/t27-,29+,30-,31+,33+,37-,38+,39+,40+/m0/s1. The molecule has 6 rings (SSSR count). The number of allylic oxidation sites excluding steroid dienone is 3. The Morgan fingerprint density at radius 3 is 2.19 bits per heavy atom. The van der Waals surface area contributed by atoms with Crippen LogP contribution in [0.15, 0.2) is 42.5 Å². The van der Waals surface area contributed by atoms with Crippen LogP contribution in [-0.4, -0.2) is 41.3 Å². The lowest BCUT2D eigenvalue weighted by molar-refractivity contribution is -0.224. The smallest absolute Gasteiger partial charge is 0.335 e. The number of carbonyl (C=O) groups is 3. The molecule has 2 amide bonds. The van der Waals surface area contributed by atoms with Crippen molar-refractivity contribution in [1.82, 2.24) is 10.6 Å². The Hall–Kier alpha value is -3.09. The third-order valence-electron chi connectivity index (χ3n) is 15.3. The van der Waals surface area contributed by atoms with Crippen molar-refractivity contribution in [2.45, 2.75) is 99.3 Å². The van der Waals surface area contributed by atoms with Gasteiger partial charge in [0.15, 0.2) is 0 Å². The fraction of sp³-hybridized carbons (Fsp3) is 0.675. The van der Waals surface area contributed by atoms with E-state index in [4.69, 9.17) is 5.11 Å². The van der Waals surface area contributed by atoms with Crippen molar-refractivity contribution in [2.24, 2.45) is 56.7 Å². The number of aliphatic carboxylic acids is 1. The van der Waals surface area contributed by atoms with Gasteiger partial charge in [-0.05, 0) is 145 Å². The minimum absolute atomic E-state index is 0.0132. The van der Waals surface area contributed by atoms with Gasteiger partial charge in [-0.2, -0.15) is 0 Å². The zero-order valence-corrected chi connectivity index (χ0v) is 29.4. The number of carboxylic acid groups (broad SMARTS) is 2. The van der Waals surface area contributed by atoms with Gasteiger partial charge in [0.05, 0.1) is 5.56 Å². The predicted molar refractivity (Wildman–Crippen MR) is 185 cm³/mol. The summed E-state index contributed by atoms with van der Waals surface area (Å²) < 4.78 is 0. The van der Waals surface area contributed by atoms with Crippen LogP contribution in [0.4, 0.5) is 4.79 Å². The molecule has 7 nitrogen and oxygen atoms in total. The monoisotopic (exact) mass is 644 g/mol. The third kappa shape index (κ3) is 5.08. The van der Waals surface area contributed by atoms with E-state index in [9.17, 15) is 19.5 Å². The quantitative estimate of drug-likeness (QED) is 0.223. The second-order valence-corrected chi connectivity index (χ2v) is 17.4. The van der Waals surface area contributed by atoms with Gasteiger partial charge in [0, 0.05) is 6.54 Å². The predicted octanol–water partition coefficient (Wildman–Crippen LogP) is 8.42. The number of nitrogens with one attached hydrogen (secondary N) is 2. The minimum Gasteiger partial charge on any atom is -0.480 e. The van der Waals surface area contributed by atoms with E-state index in [-0.39, 0.29) is 39.7 Å². The molecule has 0 unspecified atom stereocenters. The fourth-order valence-corrected chi connectivity index (χ4v) is 13.0. The van der Waals surface area contributed by atoms with Crippen LogP contribution in [-0.2, 0) is 4.79 Å². The first-order chi connectivity index (χ1) is 22.0. The van der Waals surface area contributed by atoms with Crippen molar-refractivity contribution in [3.05, 3.63) is 53.6 Å². The molecule has 5 aliphatic carbocycles. The number of urea groups is 1. The average Bonchev–Trinajstić information content (AvgIpc) is 3.39. The first-order valence-corrected chi connectivity index (χ1v) is 17.9. The van der Waals surface area contributed by atoms with Crippen molar-refractivity contribution in [1.29, 1.82) is 0 Å². The Labute approximate surface area is 281 Å². The van der Waals surface area contributed by atoms with Crippen LogP contribution in [0.5, 0.6) is 0 Å². The Morgan fingerprint density at radius 2 is 1.55 bits per heavy atom. The first kappa shape index (κ1) is 33.8. The van der Waals surface area contributed by atoms with Gasteiger partial charge in [-0.1, -0.05) is 65.0 Å². The molecule has 4 N–H and O–H groups in total. The number of rotatable bonds is 7. The van der Waals surface area contributed by atoms with Crippen LogP contribution >= 0.6 is 0 Å². The Bertz CT molecular complexity index is 1500. The molecule has 0 aromatic heterocycles. The molecule has 0 spiro atoms. The molecule has 0 aliphatic heterocycles. The second kappa shape index (κ2) is 11.5. The Balaban J connectivity index is 1.30. The second-order valence-electron chi connectivity index (χ2n) is 17.4. The zero-order chi connectivity index (χ0) is 34.2. The van der Waals surface area contributed by atoms with Gasteiger partial charge < -0.3 is 20.8 Å². The number of hydrogen-bond acceptors (Lipinski definition) is 3. The maximum atomic E-state index is 12.6. The highest BCUT2D eigenvalue weighted by molar-refractivity contribution is 5.88. The summed E-state index contributed by atoms with van der Waals surface area (Å²) in [4.78, 5) is 35.2. The maximum absolute atomic E-state index is 12.6. The zero-order valence-electron chi connectivity index (χ0n) is 29.4. The molecule has 1 aromatic carbocycles. The van der Waals surface area contributed by atoms with E-state index in [1.807, 2.05) is 12.1 Å². The van der Waals surface area contributed by atoms with E-state index in [1.165, 1.54) is 36.8 Å². The summed E-state index contributed by atoms with van der Waals surface area (Å²) in [5.74, 6) is 0.690. The summed E-state index contributed by atoms with van der Waals surface area (Å²) >= 11 is 0. The molecular formula is C40H56N2O5. The third-order valence-corrected chi connectivity index (χ3v) is 15.3. The Morgan fingerprint density at radius 1 is 0.851 bits per heavy atom. The highest BCUT2D eigenvalue weighted by Gasteiger charge is 2.70. The molecule has 9 atom stereocenters. The highest BCUT2D eigenvalue weighted by Crippen LogP contribution is 2.77. The van der Waals surface area contributed by atoms with Crippen LogP contribution in [0.25, 0.3) is 5.57 Å². The molecule has 0 saturated heterocycles. The molecule has 4 saturated carbocycles. The summed E-state index contributed by atoms with van der Waals surface area (Å²) in [5.41, 5.74) is 4.65. The molecule has 4 fully saturated rings. The summed E-state index contributed by atoms with van der Waals surface area (Å²) in [7, 11) is 0. The summed E-state index contributed by atoms with van der Waals surface area (Å²) in [5, 5.41) is 24.1. The largest absolute Gasteiger partial charge is 0.480 e. The number of benzene rings is 1. The van der Waals surface area contributed by atoms with E-state index in [0.717, 1.165) is 37.7 Å². The van der Waals surface area contributed by atoms with Crippen LogP contribution in [0.2, 0.25) is 0 Å². The maximum Gasteiger partial charge on any atom is 0.335 e. The molecule has 256 valence electrons. The van der Waals surface area contributed by atoms with Gasteiger partial charge in [-0.15, -0.1) is 0 Å². The van der Waals surface area contributed by atoms with E-state index in [2.05, 4.69) is 64.8 Å². The molecule has 7 heteroatoms. The van der Waals surface area contributed by atoms with E-state index < -0.39 is 11.9 Å². The average molecular weight is 645 g/mol. The molecule has 47 heavy (non-hydrogen) atoms. The number of carbonyl (C=O) groups excluding carboxylic acids is 1. The SMILES string of the molecule is C=C(C)[C@@H]1CC[C@]2(CNC(=O)NCC(=O)O)CC[C@]3(C)[C@H](CC[C@@H]4[C@@]5(C)CC=C(c6ccc(C(=O)O)cc6)C(C)(C)[C@@H]5CC[C@]43C)[C@@H]12. The van der Waals surface area contributed by atoms with Gasteiger partial charge in [0.2, 0.25) is 0 Å². The number of aromatic carboxylic acids is 1. The van der Waals surface area contributed by atoms with Gasteiger partial charge in [0.1, 0.15) is 6.54 Å². The number of fused-ring (bicyclic) bond motifs is 7. The van der Waals surface area contributed by atoms with Crippen molar-refractivity contribution in [3.8, 4) is 0 Å². The van der Waals surface area contributed by atoms with Crippen LogP contribution in [0.1, 0.15) is 115 Å². The topological polar surface area (TPSA) is 116 Å². The van der Waals surface area contributed by atoms with Gasteiger partial charge in [-0.3, -0.25) is 4.79 Å². The van der Waals surface area contributed by atoms with Crippen LogP contribution in [0.3, 0.4) is 0 Å². The van der Waals surface area contributed by atoms with E-state index in [0.29, 0.717) is 41.7 Å². The lowest BCUT2D eigenvalue weighted by Crippen LogP contribution is -2.66. The highest BCUT2D eigenvalue weighted by atomic mass is 16.4. The summed E-state index contributed by atoms with van der Waals surface area (Å²) in [6.45, 7) is 19.6. The molecule has 0 heterocycles. The lowest BCUT2D eigenvalue weighted by atomic mass is 9.32. The molecule has 1 aromatic rings. The number of amides is 2. The van der Waals surface area contributed by atoms with E-state index in [1.54, 1.807) is 12.1 Å². The van der Waals surface area contributed by atoms with Crippen LogP contribution in [0, 0.1) is 56.7 Å². The summed E-state index contributed by atoms with van der Waals surface area (Å²) in [6.07, 6.45) is 12.8. The Kier molecular flexibility index (Phi) is 8.28. The molecule has 5 aliphatic rings. The molecular weight excluding hydrogens is 588 g/mol. The minimum atomic E-state index is -1.04. The van der Waals surface area contributed by atoms with Crippen LogP contribution < -0.4 is 10.6 Å². The fourth-order valence-electron chi connectivity index (χ4n) is 13.0. The molecule has 0 radical (unpaired) electrons. The number of hydrogen-bond donors (Lipinski definition) is 4. The van der Waals surface area contributed by atoms with Gasteiger partial charge in [-0.25, -0.2) is 9.59 Å². The normalized spacial score (nSPS) is 40.0. The molecule has 0 bridgehead atoms. The van der Waals surface area contributed by atoms with Crippen molar-refractivity contribution < 1.29 is 24.6 Å². The van der Waals surface area contributed by atoms with Crippen molar-refractivity contribution in [3.63, 3.8) is 0 Å². The van der Waals surface area contributed by atoms with E-state index >= 15 is 0 Å². The first-order valence-electron chi connectivity index (χ1n) is 17.9. The lowest BCUT2D eigenvalue weighted by Gasteiger charge is -2.72. The van der Waals surface area contributed by atoms with Gasteiger partial charge in [0.25, 0.3) is 0 Å². The van der Waals surface area contributed by atoms with Gasteiger partial charge >= 0.3 is 18.0 Å².